The fourth-order valence-electron chi connectivity index (χ4n) is 1.86. The molecule has 0 fully saturated rings. The standard InChI is InChI=1S/C16H26N2O2/c1-13(2)14-6-4-7-15(12-14)20-11-8-16(19)18(3)10-5-9-17/h4,6-7,12-13H,5,8-11,17H2,1-3H3. The van der Waals surface area contributed by atoms with Gasteiger partial charge in [0.25, 0.3) is 0 Å². The maximum absolute atomic E-state index is 11.8. The van der Waals surface area contributed by atoms with E-state index >= 15 is 0 Å². The molecular weight excluding hydrogens is 252 g/mol. The smallest absolute Gasteiger partial charge is 0.225 e. The molecule has 0 aliphatic heterocycles. The second-order valence-corrected chi connectivity index (χ2v) is 5.28. The maximum Gasteiger partial charge on any atom is 0.225 e. The molecule has 112 valence electrons. The molecule has 4 nitrogen and oxygen atoms in total. The van der Waals surface area contributed by atoms with Crippen LogP contribution in [0.25, 0.3) is 0 Å². The van der Waals surface area contributed by atoms with Crippen molar-refractivity contribution in [3.63, 3.8) is 0 Å². The Hall–Kier alpha value is -1.55. The highest BCUT2D eigenvalue weighted by Gasteiger charge is 2.08. The Morgan fingerprint density at radius 2 is 2.15 bits per heavy atom. The van der Waals surface area contributed by atoms with E-state index in [1.807, 2.05) is 18.2 Å². The molecule has 2 N–H and O–H groups in total. The van der Waals surface area contributed by atoms with Gasteiger partial charge in [0.05, 0.1) is 13.0 Å². The van der Waals surface area contributed by atoms with Gasteiger partial charge in [-0.3, -0.25) is 4.79 Å². The van der Waals surface area contributed by atoms with E-state index in [9.17, 15) is 4.79 Å². The number of nitrogens with zero attached hydrogens (tertiary/aromatic N) is 1. The zero-order valence-electron chi connectivity index (χ0n) is 12.8. The lowest BCUT2D eigenvalue weighted by molar-refractivity contribution is -0.130. The predicted molar refractivity (Wildman–Crippen MR) is 82.0 cm³/mol. The number of benzene rings is 1. The normalized spacial score (nSPS) is 10.7. The molecule has 1 rings (SSSR count). The molecule has 0 aliphatic rings. The van der Waals surface area contributed by atoms with Crippen molar-refractivity contribution < 1.29 is 9.53 Å². The Morgan fingerprint density at radius 3 is 2.80 bits per heavy atom. The van der Waals surface area contributed by atoms with Crippen molar-refractivity contribution in [1.82, 2.24) is 4.90 Å². The predicted octanol–water partition coefficient (Wildman–Crippen LogP) is 2.39. The third kappa shape index (κ3) is 5.61. The molecule has 1 amide bonds. The van der Waals surface area contributed by atoms with Crippen LogP contribution < -0.4 is 10.5 Å². The average Bonchev–Trinajstić information content (AvgIpc) is 2.44. The van der Waals surface area contributed by atoms with Crippen LogP contribution in [0.4, 0.5) is 0 Å². The van der Waals surface area contributed by atoms with Gasteiger partial charge in [-0.1, -0.05) is 26.0 Å². The molecule has 0 radical (unpaired) electrons. The van der Waals surface area contributed by atoms with Crippen LogP contribution in [0.3, 0.4) is 0 Å². The number of carbonyl (C=O) groups excluding carboxylic acids is 1. The van der Waals surface area contributed by atoms with Gasteiger partial charge >= 0.3 is 0 Å². The zero-order chi connectivity index (χ0) is 15.0. The first-order valence-electron chi connectivity index (χ1n) is 7.21. The van der Waals surface area contributed by atoms with Crippen molar-refractivity contribution in [2.45, 2.75) is 32.6 Å². The molecular formula is C16H26N2O2. The minimum atomic E-state index is 0.0958. The molecule has 0 saturated carbocycles. The number of hydrogen-bond acceptors (Lipinski definition) is 3. The Kier molecular flexibility index (Phi) is 7.09. The first-order chi connectivity index (χ1) is 9.54. The third-order valence-electron chi connectivity index (χ3n) is 3.23. The van der Waals surface area contributed by atoms with Crippen LogP contribution in [0.1, 0.15) is 38.2 Å². The first-order valence-corrected chi connectivity index (χ1v) is 7.21. The van der Waals surface area contributed by atoms with Crippen molar-refractivity contribution >= 4 is 5.91 Å². The van der Waals surface area contributed by atoms with Crippen molar-refractivity contribution in [1.29, 1.82) is 0 Å². The van der Waals surface area contributed by atoms with E-state index in [2.05, 4.69) is 19.9 Å². The second-order valence-electron chi connectivity index (χ2n) is 5.28. The number of hydrogen-bond donors (Lipinski definition) is 1. The summed E-state index contributed by atoms with van der Waals surface area (Å²) in [4.78, 5) is 13.5. The molecule has 1 aromatic carbocycles. The van der Waals surface area contributed by atoms with Gasteiger partial charge in [-0.05, 0) is 36.6 Å². The van der Waals surface area contributed by atoms with Crippen LogP contribution in [0, 0.1) is 0 Å². The molecule has 0 atom stereocenters. The highest BCUT2D eigenvalue weighted by Crippen LogP contribution is 2.20. The fourth-order valence-corrected chi connectivity index (χ4v) is 1.86. The first kappa shape index (κ1) is 16.5. The fraction of sp³-hybridized carbons (Fsp3) is 0.562. The zero-order valence-corrected chi connectivity index (χ0v) is 12.8. The summed E-state index contributed by atoms with van der Waals surface area (Å²) in [5, 5.41) is 0. The summed E-state index contributed by atoms with van der Waals surface area (Å²) >= 11 is 0. The maximum atomic E-state index is 11.8. The van der Waals surface area contributed by atoms with E-state index in [-0.39, 0.29) is 5.91 Å². The topological polar surface area (TPSA) is 55.6 Å². The van der Waals surface area contributed by atoms with Gasteiger partial charge < -0.3 is 15.4 Å². The lowest BCUT2D eigenvalue weighted by Crippen LogP contribution is -2.30. The summed E-state index contributed by atoms with van der Waals surface area (Å²) in [6.07, 6.45) is 1.23. The Balaban J connectivity index is 2.36. The summed E-state index contributed by atoms with van der Waals surface area (Å²) in [5.74, 6) is 1.40. The van der Waals surface area contributed by atoms with Crippen LogP contribution in [0.15, 0.2) is 24.3 Å². The molecule has 0 saturated heterocycles. The lowest BCUT2D eigenvalue weighted by atomic mass is 10.0. The number of nitrogens with two attached hydrogens (primary N) is 1. The highest BCUT2D eigenvalue weighted by atomic mass is 16.5. The van der Waals surface area contributed by atoms with E-state index < -0.39 is 0 Å². The van der Waals surface area contributed by atoms with Gasteiger partial charge in [0.1, 0.15) is 5.75 Å². The van der Waals surface area contributed by atoms with Crippen LogP contribution >= 0.6 is 0 Å². The van der Waals surface area contributed by atoms with Crippen molar-refractivity contribution in [2.24, 2.45) is 5.73 Å². The Bertz CT molecular complexity index is 419. The largest absolute Gasteiger partial charge is 0.493 e. The number of ether oxygens (including phenoxy) is 1. The van der Waals surface area contributed by atoms with Crippen LogP contribution in [-0.2, 0) is 4.79 Å². The molecule has 0 bridgehead atoms. The van der Waals surface area contributed by atoms with E-state index in [0.29, 0.717) is 32.0 Å². The molecule has 4 heteroatoms. The summed E-state index contributed by atoms with van der Waals surface area (Å²) < 4.78 is 5.65. The molecule has 20 heavy (non-hydrogen) atoms. The number of carbonyl (C=O) groups is 1. The highest BCUT2D eigenvalue weighted by molar-refractivity contribution is 5.75. The number of rotatable bonds is 8. The van der Waals surface area contributed by atoms with E-state index in [0.717, 1.165) is 12.2 Å². The van der Waals surface area contributed by atoms with Gasteiger partial charge in [-0.2, -0.15) is 0 Å². The van der Waals surface area contributed by atoms with Gasteiger partial charge in [0, 0.05) is 13.6 Å². The molecule has 0 heterocycles. The Morgan fingerprint density at radius 1 is 1.40 bits per heavy atom. The Labute approximate surface area is 121 Å². The SMILES string of the molecule is CC(C)c1cccc(OCCC(=O)N(C)CCCN)c1. The molecule has 0 spiro atoms. The van der Waals surface area contributed by atoms with E-state index in [1.165, 1.54) is 5.56 Å². The van der Waals surface area contributed by atoms with Crippen molar-refractivity contribution in [2.75, 3.05) is 26.7 Å². The second kappa shape index (κ2) is 8.59. The monoisotopic (exact) mass is 278 g/mol. The van der Waals surface area contributed by atoms with Crippen LogP contribution in [0.5, 0.6) is 5.75 Å². The van der Waals surface area contributed by atoms with Gasteiger partial charge in [0.15, 0.2) is 0 Å². The van der Waals surface area contributed by atoms with Crippen LogP contribution in [-0.4, -0.2) is 37.6 Å². The van der Waals surface area contributed by atoms with E-state index in [4.69, 9.17) is 10.5 Å². The van der Waals surface area contributed by atoms with Crippen molar-refractivity contribution in [3.05, 3.63) is 29.8 Å². The van der Waals surface area contributed by atoms with Gasteiger partial charge in [-0.15, -0.1) is 0 Å². The third-order valence-corrected chi connectivity index (χ3v) is 3.23. The molecule has 0 aliphatic carbocycles. The van der Waals surface area contributed by atoms with Gasteiger partial charge in [-0.25, -0.2) is 0 Å². The summed E-state index contributed by atoms with van der Waals surface area (Å²) in [6, 6.07) is 8.03. The van der Waals surface area contributed by atoms with Crippen LogP contribution in [0.2, 0.25) is 0 Å². The lowest BCUT2D eigenvalue weighted by Gasteiger charge is -2.17. The quantitative estimate of drug-likeness (QED) is 0.794. The minimum absolute atomic E-state index is 0.0958. The molecule has 0 unspecified atom stereocenters. The average molecular weight is 278 g/mol. The van der Waals surface area contributed by atoms with E-state index in [1.54, 1.807) is 11.9 Å². The summed E-state index contributed by atoms with van der Waals surface area (Å²) in [5.41, 5.74) is 6.67. The minimum Gasteiger partial charge on any atom is -0.493 e. The van der Waals surface area contributed by atoms with Crippen molar-refractivity contribution in [3.8, 4) is 5.75 Å². The molecule has 1 aromatic rings. The molecule has 0 aromatic heterocycles. The number of amides is 1. The summed E-state index contributed by atoms with van der Waals surface area (Å²) in [6.45, 7) is 6.02. The van der Waals surface area contributed by atoms with Gasteiger partial charge in [0.2, 0.25) is 5.91 Å². The summed E-state index contributed by atoms with van der Waals surface area (Å²) in [7, 11) is 1.80.